The smallest absolute Gasteiger partial charge is 0.234 e. The minimum Gasteiger partial charge on any atom is -0.360 e. The highest BCUT2D eigenvalue weighted by Gasteiger charge is 2.10. The molecule has 148 valence electrons. The first-order chi connectivity index (χ1) is 14.1. The Morgan fingerprint density at radius 3 is 2.72 bits per heavy atom. The molecule has 0 radical (unpaired) electrons. The number of aromatic nitrogens is 3. The van der Waals surface area contributed by atoms with Crippen LogP contribution in [-0.4, -0.2) is 33.4 Å². The van der Waals surface area contributed by atoms with Crippen molar-refractivity contribution < 1.29 is 4.79 Å². The third kappa shape index (κ3) is 4.92. The third-order valence-electron chi connectivity index (χ3n) is 4.02. The number of anilines is 2. The zero-order valence-corrected chi connectivity index (χ0v) is 18.4. The van der Waals surface area contributed by atoms with Crippen LogP contribution in [0.15, 0.2) is 46.8 Å². The maximum atomic E-state index is 12.2. The monoisotopic (exact) mass is 441 g/mol. The van der Waals surface area contributed by atoms with Crippen molar-refractivity contribution in [2.24, 2.45) is 0 Å². The normalized spacial score (nSPS) is 11.0. The van der Waals surface area contributed by atoms with Crippen LogP contribution < -0.4 is 10.6 Å². The Bertz CT molecular complexity index is 1140. The predicted octanol–water partition coefficient (Wildman–Crippen LogP) is 5.29. The van der Waals surface area contributed by atoms with Gasteiger partial charge in [-0.25, -0.2) is 4.98 Å². The van der Waals surface area contributed by atoms with Crippen LogP contribution in [0, 0.1) is 6.92 Å². The molecule has 0 saturated carbocycles. The molecule has 0 aliphatic heterocycles. The van der Waals surface area contributed by atoms with Crippen molar-refractivity contribution in [3.8, 4) is 10.6 Å². The van der Waals surface area contributed by atoms with E-state index in [2.05, 4.69) is 46.0 Å². The molecule has 4 aromatic rings. The van der Waals surface area contributed by atoms with Crippen molar-refractivity contribution in [2.75, 3.05) is 22.9 Å². The van der Waals surface area contributed by atoms with E-state index < -0.39 is 0 Å². The van der Waals surface area contributed by atoms with E-state index in [0.29, 0.717) is 5.75 Å². The van der Waals surface area contributed by atoms with Gasteiger partial charge in [-0.2, -0.15) is 0 Å². The Balaban J connectivity index is 1.36. The average molecular weight is 442 g/mol. The molecule has 0 spiro atoms. The Morgan fingerprint density at radius 2 is 1.93 bits per heavy atom. The quantitative estimate of drug-likeness (QED) is 0.380. The first kappa shape index (κ1) is 19.8. The summed E-state index contributed by atoms with van der Waals surface area (Å²) in [4.78, 5) is 16.9. The topological polar surface area (TPSA) is 79.8 Å². The van der Waals surface area contributed by atoms with Gasteiger partial charge in [0.05, 0.1) is 16.0 Å². The molecular formula is C20H19N5OS3. The van der Waals surface area contributed by atoms with Crippen LogP contribution in [0.4, 0.5) is 10.8 Å². The van der Waals surface area contributed by atoms with E-state index in [-0.39, 0.29) is 5.91 Å². The number of amides is 1. The lowest BCUT2D eigenvalue weighted by Gasteiger charge is -2.05. The summed E-state index contributed by atoms with van der Waals surface area (Å²) >= 11 is 4.51. The van der Waals surface area contributed by atoms with E-state index in [4.69, 9.17) is 4.98 Å². The van der Waals surface area contributed by atoms with Gasteiger partial charge in [0, 0.05) is 17.8 Å². The number of fused-ring (bicyclic) bond motifs is 1. The Labute approximate surface area is 180 Å². The Kier molecular flexibility index (Phi) is 6.08. The summed E-state index contributed by atoms with van der Waals surface area (Å²) in [5.74, 6) is 0.220. The standard InChI is InChI=1S/C20H19N5OS3/c1-3-21-19-24-25-20(29-19)27-11-17(26)22-14-7-5-13(6-8-14)18-23-15-9-4-12(2)10-16(15)28-18/h4-10H,3,11H2,1-2H3,(H,21,24)(H,22,26). The fourth-order valence-electron chi connectivity index (χ4n) is 2.67. The molecule has 2 aromatic heterocycles. The lowest BCUT2D eigenvalue weighted by atomic mass is 10.2. The van der Waals surface area contributed by atoms with Crippen molar-refractivity contribution in [1.82, 2.24) is 15.2 Å². The number of nitrogens with one attached hydrogen (secondary N) is 2. The fourth-order valence-corrected chi connectivity index (χ4v) is 5.36. The maximum absolute atomic E-state index is 12.2. The van der Waals surface area contributed by atoms with Crippen molar-refractivity contribution in [3.05, 3.63) is 48.0 Å². The zero-order chi connectivity index (χ0) is 20.2. The minimum atomic E-state index is -0.0709. The van der Waals surface area contributed by atoms with E-state index in [0.717, 1.165) is 37.8 Å². The first-order valence-electron chi connectivity index (χ1n) is 9.08. The van der Waals surface area contributed by atoms with Gasteiger partial charge in [0.25, 0.3) is 0 Å². The van der Waals surface area contributed by atoms with Crippen LogP contribution in [0.25, 0.3) is 20.8 Å². The van der Waals surface area contributed by atoms with E-state index >= 15 is 0 Å². The van der Waals surface area contributed by atoms with Gasteiger partial charge >= 0.3 is 0 Å². The molecule has 2 heterocycles. The Morgan fingerprint density at radius 1 is 1.10 bits per heavy atom. The van der Waals surface area contributed by atoms with Crippen molar-refractivity contribution in [1.29, 1.82) is 0 Å². The Hall–Kier alpha value is -2.49. The summed E-state index contributed by atoms with van der Waals surface area (Å²) in [6.45, 7) is 4.89. The highest BCUT2D eigenvalue weighted by molar-refractivity contribution is 8.01. The second-order valence-corrected chi connectivity index (χ2v) is 9.54. The van der Waals surface area contributed by atoms with Gasteiger partial charge in [0.1, 0.15) is 5.01 Å². The predicted molar refractivity (Wildman–Crippen MR) is 123 cm³/mol. The van der Waals surface area contributed by atoms with Crippen molar-refractivity contribution >= 4 is 61.4 Å². The summed E-state index contributed by atoms with van der Waals surface area (Å²) in [5.41, 5.74) is 4.05. The maximum Gasteiger partial charge on any atom is 0.234 e. The molecule has 0 unspecified atom stereocenters. The highest BCUT2D eigenvalue weighted by Crippen LogP contribution is 2.31. The number of hydrogen-bond acceptors (Lipinski definition) is 8. The van der Waals surface area contributed by atoms with Gasteiger partial charge in [-0.3, -0.25) is 4.79 Å². The second-order valence-electron chi connectivity index (χ2n) is 6.31. The molecule has 9 heteroatoms. The molecule has 0 bridgehead atoms. The molecule has 0 aliphatic rings. The lowest BCUT2D eigenvalue weighted by molar-refractivity contribution is -0.113. The van der Waals surface area contributed by atoms with E-state index in [1.165, 1.54) is 33.4 Å². The van der Waals surface area contributed by atoms with Gasteiger partial charge in [-0.1, -0.05) is 29.2 Å². The van der Waals surface area contributed by atoms with Crippen molar-refractivity contribution in [2.45, 2.75) is 18.2 Å². The number of hydrogen-bond donors (Lipinski definition) is 2. The molecule has 2 N–H and O–H groups in total. The molecule has 29 heavy (non-hydrogen) atoms. The zero-order valence-electron chi connectivity index (χ0n) is 15.9. The molecule has 1 amide bonds. The third-order valence-corrected chi connectivity index (χ3v) is 7.10. The molecular weight excluding hydrogens is 422 g/mol. The van der Waals surface area contributed by atoms with Crippen LogP contribution in [0.1, 0.15) is 12.5 Å². The molecule has 0 aliphatic carbocycles. The number of rotatable bonds is 7. The number of benzene rings is 2. The second kappa shape index (κ2) is 8.89. The molecule has 2 aromatic carbocycles. The summed E-state index contributed by atoms with van der Waals surface area (Å²) in [6, 6.07) is 14.1. The molecule has 6 nitrogen and oxygen atoms in total. The van der Waals surface area contributed by atoms with Gasteiger partial charge < -0.3 is 10.6 Å². The van der Waals surface area contributed by atoms with Gasteiger partial charge in [0.15, 0.2) is 4.34 Å². The van der Waals surface area contributed by atoms with Gasteiger partial charge in [-0.15, -0.1) is 21.5 Å². The average Bonchev–Trinajstić information content (AvgIpc) is 3.33. The van der Waals surface area contributed by atoms with Crippen LogP contribution >= 0.6 is 34.4 Å². The molecule has 4 rings (SSSR count). The number of aryl methyl sites for hydroxylation is 1. The SMILES string of the molecule is CCNc1nnc(SCC(=O)Nc2ccc(-c3nc4ccc(C)cc4s3)cc2)s1. The summed E-state index contributed by atoms with van der Waals surface area (Å²) in [5, 5.41) is 15.9. The van der Waals surface area contributed by atoms with E-state index in [9.17, 15) is 4.79 Å². The van der Waals surface area contributed by atoms with Gasteiger partial charge in [-0.05, 0) is 55.8 Å². The van der Waals surface area contributed by atoms with Gasteiger partial charge in [0.2, 0.25) is 11.0 Å². The fraction of sp³-hybridized carbons (Fsp3) is 0.200. The van der Waals surface area contributed by atoms with Crippen molar-refractivity contribution in [3.63, 3.8) is 0 Å². The summed E-state index contributed by atoms with van der Waals surface area (Å²) in [7, 11) is 0. The lowest BCUT2D eigenvalue weighted by Crippen LogP contribution is -2.13. The van der Waals surface area contributed by atoms with Crippen LogP contribution in [-0.2, 0) is 4.79 Å². The number of thiazole rings is 1. The van der Waals surface area contributed by atoms with E-state index in [1.54, 1.807) is 11.3 Å². The first-order valence-corrected chi connectivity index (χ1v) is 11.7. The summed E-state index contributed by atoms with van der Waals surface area (Å²) in [6.07, 6.45) is 0. The molecule has 0 atom stereocenters. The molecule has 0 fully saturated rings. The minimum absolute atomic E-state index is 0.0709. The number of carbonyl (C=O) groups excluding carboxylic acids is 1. The number of nitrogens with zero attached hydrogens (tertiary/aromatic N) is 3. The van der Waals surface area contributed by atoms with E-state index in [1.807, 2.05) is 31.2 Å². The number of carbonyl (C=O) groups is 1. The van der Waals surface area contributed by atoms with Crippen LogP contribution in [0.2, 0.25) is 0 Å². The van der Waals surface area contributed by atoms with Crippen LogP contribution in [0.5, 0.6) is 0 Å². The molecule has 0 saturated heterocycles. The highest BCUT2D eigenvalue weighted by atomic mass is 32.2. The van der Waals surface area contributed by atoms with Crippen LogP contribution in [0.3, 0.4) is 0 Å². The number of thioether (sulfide) groups is 1. The summed E-state index contributed by atoms with van der Waals surface area (Å²) < 4.78 is 1.96. The largest absolute Gasteiger partial charge is 0.360 e.